The van der Waals surface area contributed by atoms with Gasteiger partial charge < -0.3 is 4.90 Å². The van der Waals surface area contributed by atoms with Crippen molar-refractivity contribution in [2.45, 2.75) is 6.92 Å². The van der Waals surface area contributed by atoms with Crippen molar-refractivity contribution >= 4 is 28.6 Å². The number of carbonyl (C=O) groups excluding carboxylic acids is 1. The van der Waals surface area contributed by atoms with E-state index in [0.29, 0.717) is 0 Å². The maximum Gasteiger partial charge on any atom is 0.186 e. The molecule has 0 aliphatic carbocycles. The summed E-state index contributed by atoms with van der Waals surface area (Å²) in [5.74, 6) is 0.741. The van der Waals surface area contributed by atoms with Crippen molar-refractivity contribution in [3.8, 4) is 0 Å². The number of benzene rings is 1. The van der Waals surface area contributed by atoms with Crippen LogP contribution in [0.1, 0.15) is 12.5 Å². The summed E-state index contributed by atoms with van der Waals surface area (Å²) >= 11 is 1.32. The van der Waals surface area contributed by atoms with Crippen molar-refractivity contribution < 1.29 is 4.79 Å². The highest BCUT2D eigenvalue weighted by Gasteiger charge is 1.93. The van der Waals surface area contributed by atoms with Crippen molar-refractivity contribution in [3.63, 3.8) is 0 Å². The quantitative estimate of drug-likeness (QED) is 0.800. The van der Waals surface area contributed by atoms with Gasteiger partial charge in [-0.25, -0.2) is 0 Å². The summed E-state index contributed by atoms with van der Waals surface area (Å²) in [5, 5.41) is 0.160. The van der Waals surface area contributed by atoms with Gasteiger partial charge in [0.05, 0.1) is 0 Å². The highest BCUT2D eigenvalue weighted by molar-refractivity contribution is 8.13. The highest BCUT2D eigenvalue weighted by Crippen LogP contribution is 2.13. The van der Waals surface area contributed by atoms with Crippen LogP contribution >= 0.6 is 11.8 Å². The van der Waals surface area contributed by atoms with Gasteiger partial charge in [0, 0.05) is 32.5 Å². The molecule has 86 valence electrons. The molecule has 0 fully saturated rings. The second kappa shape index (κ2) is 6.38. The minimum atomic E-state index is 0.160. The van der Waals surface area contributed by atoms with Crippen LogP contribution in [0, 0.1) is 0 Å². The van der Waals surface area contributed by atoms with E-state index in [9.17, 15) is 4.79 Å². The molecule has 2 nitrogen and oxygen atoms in total. The molecule has 1 rings (SSSR count). The lowest BCUT2D eigenvalue weighted by Gasteiger charge is -2.11. The smallest absolute Gasteiger partial charge is 0.186 e. The van der Waals surface area contributed by atoms with Crippen molar-refractivity contribution in [1.29, 1.82) is 0 Å². The van der Waals surface area contributed by atoms with Gasteiger partial charge in [-0.3, -0.25) is 4.79 Å². The van der Waals surface area contributed by atoms with E-state index in [1.807, 2.05) is 26.2 Å². The largest absolute Gasteiger partial charge is 0.378 e. The fourth-order valence-electron chi connectivity index (χ4n) is 1.23. The van der Waals surface area contributed by atoms with Crippen molar-refractivity contribution in [2.24, 2.45) is 0 Å². The monoisotopic (exact) mass is 235 g/mol. The molecule has 0 aromatic heterocycles. The Balaban J connectivity index is 2.51. The lowest BCUT2D eigenvalue weighted by Crippen LogP contribution is -2.07. The third-order valence-corrected chi connectivity index (χ3v) is 2.87. The number of rotatable bonds is 4. The van der Waals surface area contributed by atoms with Crippen LogP contribution in [-0.2, 0) is 4.79 Å². The molecule has 16 heavy (non-hydrogen) atoms. The summed E-state index contributed by atoms with van der Waals surface area (Å²) in [6.45, 7) is 1.59. The van der Waals surface area contributed by atoms with E-state index < -0.39 is 0 Å². The number of thioether (sulfide) groups is 1. The Labute approximate surface area is 101 Å². The van der Waals surface area contributed by atoms with E-state index in [2.05, 4.69) is 29.2 Å². The number of hydrogen-bond acceptors (Lipinski definition) is 3. The predicted octanol–water partition coefficient (Wildman–Crippen LogP) is 3.05. The van der Waals surface area contributed by atoms with E-state index in [0.717, 1.165) is 11.3 Å². The Bertz CT molecular complexity index is 368. The summed E-state index contributed by atoms with van der Waals surface area (Å²) in [6.07, 6.45) is 4.05. The lowest BCUT2D eigenvalue weighted by atomic mass is 10.2. The van der Waals surface area contributed by atoms with Gasteiger partial charge in [0.1, 0.15) is 0 Å². The minimum Gasteiger partial charge on any atom is -0.378 e. The molecular weight excluding hydrogens is 218 g/mol. The first-order valence-corrected chi connectivity index (χ1v) is 6.15. The summed E-state index contributed by atoms with van der Waals surface area (Å²) < 4.78 is 0. The standard InChI is InChI=1S/C13H17NOS/c1-11(15)16-10-4-5-12-6-8-13(9-7-12)14(2)3/h4-9H,10H2,1-3H3. The second-order valence-corrected chi connectivity index (χ2v) is 4.89. The van der Waals surface area contributed by atoms with Crippen LogP contribution in [0.15, 0.2) is 30.3 Å². The van der Waals surface area contributed by atoms with Crippen LogP contribution in [0.25, 0.3) is 6.08 Å². The molecule has 0 N–H and O–H groups in total. The van der Waals surface area contributed by atoms with Gasteiger partial charge >= 0.3 is 0 Å². The molecule has 0 atom stereocenters. The Hall–Kier alpha value is -1.22. The zero-order valence-electron chi connectivity index (χ0n) is 9.93. The van der Waals surface area contributed by atoms with Gasteiger partial charge in [0.25, 0.3) is 0 Å². The first kappa shape index (κ1) is 12.8. The number of nitrogens with zero attached hydrogens (tertiary/aromatic N) is 1. The minimum absolute atomic E-state index is 0.160. The zero-order chi connectivity index (χ0) is 12.0. The average molecular weight is 235 g/mol. The topological polar surface area (TPSA) is 20.3 Å². The van der Waals surface area contributed by atoms with E-state index in [-0.39, 0.29) is 5.12 Å². The second-order valence-electron chi connectivity index (χ2n) is 3.69. The van der Waals surface area contributed by atoms with Gasteiger partial charge in [-0.15, -0.1) is 0 Å². The van der Waals surface area contributed by atoms with Crippen molar-refractivity contribution in [1.82, 2.24) is 0 Å². The van der Waals surface area contributed by atoms with Crippen LogP contribution in [0.2, 0.25) is 0 Å². The number of hydrogen-bond donors (Lipinski definition) is 0. The number of carbonyl (C=O) groups is 1. The van der Waals surface area contributed by atoms with Crippen LogP contribution < -0.4 is 4.90 Å². The fourth-order valence-corrected chi connectivity index (χ4v) is 1.66. The first-order chi connectivity index (χ1) is 7.59. The van der Waals surface area contributed by atoms with Crippen molar-refractivity contribution in [2.75, 3.05) is 24.7 Å². The maximum atomic E-state index is 10.7. The van der Waals surface area contributed by atoms with Crippen LogP contribution in [0.5, 0.6) is 0 Å². The molecule has 3 heteroatoms. The number of anilines is 1. The summed E-state index contributed by atoms with van der Waals surface area (Å²) in [4.78, 5) is 12.8. The van der Waals surface area contributed by atoms with E-state index >= 15 is 0 Å². The normalized spacial score (nSPS) is 10.7. The van der Waals surface area contributed by atoms with Gasteiger partial charge in [-0.1, -0.05) is 36.0 Å². The maximum absolute atomic E-state index is 10.7. The molecule has 0 aliphatic heterocycles. The highest BCUT2D eigenvalue weighted by atomic mass is 32.2. The molecule has 0 spiro atoms. The molecule has 0 bridgehead atoms. The summed E-state index contributed by atoms with van der Waals surface area (Å²) in [5.41, 5.74) is 2.35. The van der Waals surface area contributed by atoms with Gasteiger partial charge in [-0.05, 0) is 17.7 Å². The molecule has 0 radical (unpaired) electrons. The van der Waals surface area contributed by atoms with Gasteiger partial charge in [0.2, 0.25) is 0 Å². The SMILES string of the molecule is CC(=O)SCC=Cc1ccc(N(C)C)cc1. The third kappa shape index (κ3) is 4.53. The lowest BCUT2D eigenvalue weighted by molar-refractivity contribution is -0.109. The Kier molecular flexibility index (Phi) is 5.12. The molecule has 1 aromatic rings. The van der Waals surface area contributed by atoms with E-state index in [1.54, 1.807) is 6.92 Å². The fraction of sp³-hybridized carbons (Fsp3) is 0.308. The molecule has 0 saturated carbocycles. The van der Waals surface area contributed by atoms with Crippen LogP contribution in [0.4, 0.5) is 5.69 Å². The molecule has 0 heterocycles. The Morgan fingerprint density at radius 1 is 1.31 bits per heavy atom. The molecule has 0 saturated heterocycles. The van der Waals surface area contributed by atoms with Gasteiger partial charge in [-0.2, -0.15) is 0 Å². The third-order valence-electron chi connectivity index (χ3n) is 2.10. The Morgan fingerprint density at radius 2 is 1.94 bits per heavy atom. The van der Waals surface area contributed by atoms with Crippen molar-refractivity contribution in [3.05, 3.63) is 35.9 Å². The van der Waals surface area contributed by atoms with Crippen LogP contribution in [0.3, 0.4) is 0 Å². The summed E-state index contributed by atoms with van der Waals surface area (Å²) in [7, 11) is 4.04. The van der Waals surface area contributed by atoms with Gasteiger partial charge in [0.15, 0.2) is 5.12 Å². The van der Waals surface area contributed by atoms with E-state index in [4.69, 9.17) is 0 Å². The zero-order valence-corrected chi connectivity index (χ0v) is 10.8. The molecule has 0 unspecified atom stereocenters. The molecule has 0 amide bonds. The van der Waals surface area contributed by atoms with E-state index in [1.165, 1.54) is 17.4 Å². The van der Waals surface area contributed by atoms with Crippen LogP contribution in [-0.4, -0.2) is 25.0 Å². The first-order valence-electron chi connectivity index (χ1n) is 5.17. The average Bonchev–Trinajstić information content (AvgIpc) is 2.25. The summed E-state index contributed by atoms with van der Waals surface area (Å²) in [6, 6.07) is 8.31. The Morgan fingerprint density at radius 3 is 2.44 bits per heavy atom. The predicted molar refractivity (Wildman–Crippen MR) is 72.9 cm³/mol. The molecular formula is C13H17NOS. The molecule has 1 aromatic carbocycles. The molecule has 0 aliphatic rings.